The Morgan fingerprint density at radius 1 is 0.833 bits per heavy atom. The molecule has 9 heteroatoms. The van der Waals surface area contributed by atoms with Gasteiger partial charge in [-0.25, -0.2) is 22.7 Å². The lowest BCUT2D eigenvalue weighted by atomic mass is 10.2. The number of aryl methyl sites for hydroxylation is 1. The number of hydrogen-bond donors (Lipinski definition) is 3. The molecule has 0 bridgehead atoms. The van der Waals surface area contributed by atoms with Crippen molar-refractivity contribution >= 4 is 33.5 Å². The molecule has 0 atom stereocenters. The Bertz CT molecular complexity index is 1150. The zero-order valence-corrected chi connectivity index (χ0v) is 16.8. The summed E-state index contributed by atoms with van der Waals surface area (Å²) >= 11 is 0. The Morgan fingerprint density at radius 3 is 2.13 bits per heavy atom. The molecule has 30 heavy (non-hydrogen) atoms. The molecule has 3 rings (SSSR count). The van der Waals surface area contributed by atoms with Crippen LogP contribution in [0.1, 0.15) is 5.56 Å². The first-order valence-electron chi connectivity index (χ1n) is 8.87. The van der Waals surface area contributed by atoms with Crippen molar-refractivity contribution in [2.45, 2.75) is 11.8 Å². The zero-order chi connectivity index (χ0) is 21.6. The molecule has 0 aromatic heterocycles. The number of sulfonamides is 1. The van der Waals surface area contributed by atoms with Crippen LogP contribution in [0.25, 0.3) is 0 Å². The van der Waals surface area contributed by atoms with E-state index in [1.54, 1.807) is 67.6 Å². The Morgan fingerprint density at radius 2 is 1.47 bits per heavy atom. The topological polar surface area (TPSA) is 114 Å². The minimum atomic E-state index is -4.00. The van der Waals surface area contributed by atoms with Crippen molar-refractivity contribution in [3.8, 4) is 5.75 Å². The summed E-state index contributed by atoms with van der Waals surface area (Å²) in [6.45, 7) is 1.77. The van der Waals surface area contributed by atoms with Crippen molar-refractivity contribution in [2.75, 3.05) is 10.6 Å². The number of benzene rings is 3. The fraction of sp³-hybridized carbons (Fsp3) is 0.0476. The van der Waals surface area contributed by atoms with Gasteiger partial charge in [-0.2, -0.15) is 0 Å². The van der Waals surface area contributed by atoms with Crippen molar-refractivity contribution in [3.05, 3.63) is 84.4 Å². The van der Waals surface area contributed by atoms with E-state index in [2.05, 4.69) is 10.6 Å². The van der Waals surface area contributed by atoms with E-state index in [4.69, 9.17) is 4.74 Å². The van der Waals surface area contributed by atoms with Crippen LogP contribution in [0.3, 0.4) is 0 Å². The molecule has 0 heterocycles. The number of rotatable bonds is 5. The molecule has 0 saturated heterocycles. The number of ether oxygens (including phenoxy) is 1. The number of carbonyl (C=O) groups excluding carboxylic acids is 2. The summed E-state index contributed by atoms with van der Waals surface area (Å²) in [7, 11) is -4.00. The Balaban J connectivity index is 1.66. The fourth-order valence-corrected chi connectivity index (χ4v) is 3.43. The van der Waals surface area contributed by atoms with Gasteiger partial charge in [0.1, 0.15) is 5.75 Å². The maximum absolute atomic E-state index is 12.2. The highest BCUT2D eigenvalue weighted by Crippen LogP contribution is 2.21. The van der Waals surface area contributed by atoms with Gasteiger partial charge in [-0.05, 0) is 48.9 Å². The predicted octanol–water partition coefficient (Wildman–Crippen LogP) is 4.12. The SMILES string of the molecule is Cc1ccc(NC(=O)NS(=O)(=O)c2ccccc2)cc1NC(=O)Oc1ccccc1. The normalized spacial score (nSPS) is 10.7. The third kappa shape index (κ3) is 5.58. The van der Waals surface area contributed by atoms with E-state index >= 15 is 0 Å². The summed E-state index contributed by atoms with van der Waals surface area (Å²) in [5, 5.41) is 5.03. The summed E-state index contributed by atoms with van der Waals surface area (Å²) in [4.78, 5) is 24.2. The van der Waals surface area contributed by atoms with Crippen LogP contribution in [-0.2, 0) is 10.0 Å². The Kier molecular flexibility index (Phi) is 6.33. The van der Waals surface area contributed by atoms with Crippen LogP contribution in [0, 0.1) is 6.92 Å². The molecule has 154 valence electrons. The molecule has 0 radical (unpaired) electrons. The maximum atomic E-state index is 12.2. The van der Waals surface area contributed by atoms with E-state index in [-0.39, 0.29) is 10.6 Å². The van der Waals surface area contributed by atoms with Gasteiger partial charge < -0.3 is 10.1 Å². The van der Waals surface area contributed by atoms with Crippen LogP contribution in [-0.4, -0.2) is 20.5 Å². The van der Waals surface area contributed by atoms with Gasteiger partial charge in [-0.3, -0.25) is 5.32 Å². The summed E-state index contributed by atoms with van der Waals surface area (Å²) in [5.74, 6) is 0.382. The second-order valence-corrected chi connectivity index (χ2v) is 7.91. The molecule has 0 spiro atoms. The smallest absolute Gasteiger partial charge is 0.410 e. The highest BCUT2D eigenvalue weighted by molar-refractivity contribution is 7.90. The molecular formula is C21H19N3O5S. The molecule has 3 amide bonds. The molecule has 3 aromatic carbocycles. The van der Waals surface area contributed by atoms with Crippen molar-refractivity contribution in [1.82, 2.24) is 4.72 Å². The maximum Gasteiger partial charge on any atom is 0.417 e. The Labute approximate surface area is 173 Å². The number of anilines is 2. The number of hydrogen-bond acceptors (Lipinski definition) is 5. The molecule has 3 N–H and O–H groups in total. The molecule has 3 aromatic rings. The highest BCUT2D eigenvalue weighted by Gasteiger charge is 2.17. The van der Waals surface area contributed by atoms with E-state index in [9.17, 15) is 18.0 Å². The van der Waals surface area contributed by atoms with E-state index in [0.717, 1.165) is 5.56 Å². The summed E-state index contributed by atoms with van der Waals surface area (Å²) in [6.07, 6.45) is -0.697. The van der Waals surface area contributed by atoms with Gasteiger partial charge in [0.25, 0.3) is 10.0 Å². The molecule has 0 unspecified atom stereocenters. The lowest BCUT2D eigenvalue weighted by molar-refractivity contribution is 0.215. The van der Waals surface area contributed by atoms with Crippen LogP contribution in [0.2, 0.25) is 0 Å². The molecule has 0 saturated carbocycles. The minimum Gasteiger partial charge on any atom is -0.410 e. The summed E-state index contributed by atoms with van der Waals surface area (Å²) in [6, 6.07) is 19.9. The van der Waals surface area contributed by atoms with Crippen LogP contribution < -0.4 is 20.1 Å². The summed E-state index contributed by atoms with van der Waals surface area (Å²) < 4.78 is 31.6. The molecule has 8 nitrogen and oxygen atoms in total. The third-order valence-electron chi connectivity index (χ3n) is 3.97. The van der Waals surface area contributed by atoms with Gasteiger partial charge in [0.2, 0.25) is 0 Å². The van der Waals surface area contributed by atoms with Gasteiger partial charge in [-0.15, -0.1) is 0 Å². The zero-order valence-electron chi connectivity index (χ0n) is 16.0. The molecule has 0 aliphatic rings. The van der Waals surface area contributed by atoms with Gasteiger partial charge in [0.05, 0.1) is 4.90 Å². The number of carbonyl (C=O) groups is 2. The van der Waals surface area contributed by atoms with Gasteiger partial charge >= 0.3 is 12.1 Å². The monoisotopic (exact) mass is 425 g/mol. The minimum absolute atomic E-state index is 0.0323. The third-order valence-corrected chi connectivity index (χ3v) is 5.31. The number of urea groups is 1. The second-order valence-electron chi connectivity index (χ2n) is 6.23. The van der Waals surface area contributed by atoms with Crippen LogP contribution in [0.15, 0.2) is 83.8 Å². The van der Waals surface area contributed by atoms with Crippen molar-refractivity contribution in [2.24, 2.45) is 0 Å². The van der Waals surface area contributed by atoms with E-state index in [1.165, 1.54) is 18.2 Å². The first-order chi connectivity index (χ1) is 14.3. The molecular weight excluding hydrogens is 406 g/mol. The van der Waals surface area contributed by atoms with E-state index < -0.39 is 22.1 Å². The Hall–Kier alpha value is -3.85. The molecule has 0 fully saturated rings. The van der Waals surface area contributed by atoms with Crippen molar-refractivity contribution in [1.29, 1.82) is 0 Å². The molecule has 0 aliphatic carbocycles. The largest absolute Gasteiger partial charge is 0.417 e. The first-order valence-corrected chi connectivity index (χ1v) is 10.4. The number of nitrogens with one attached hydrogen (secondary N) is 3. The molecule has 0 aliphatic heterocycles. The fourth-order valence-electron chi connectivity index (χ4n) is 2.50. The van der Waals surface area contributed by atoms with Gasteiger partial charge in [0.15, 0.2) is 0 Å². The number of para-hydroxylation sites is 1. The van der Waals surface area contributed by atoms with Gasteiger partial charge in [0, 0.05) is 11.4 Å². The van der Waals surface area contributed by atoms with E-state index in [1.807, 2.05) is 4.72 Å². The number of amides is 3. The standard InChI is InChI=1S/C21H19N3O5S/c1-15-12-13-16(14-19(15)23-21(26)29-17-8-4-2-5-9-17)22-20(25)24-30(27,28)18-10-6-3-7-11-18/h2-14H,1H3,(H,23,26)(H2,22,24,25). The second kappa shape index (κ2) is 9.10. The summed E-state index contributed by atoms with van der Waals surface area (Å²) in [5.41, 5.74) is 1.42. The van der Waals surface area contributed by atoms with Crippen molar-refractivity contribution < 1.29 is 22.7 Å². The van der Waals surface area contributed by atoms with E-state index in [0.29, 0.717) is 11.4 Å². The van der Waals surface area contributed by atoms with Crippen LogP contribution in [0.5, 0.6) is 5.75 Å². The average molecular weight is 425 g/mol. The first kappa shape index (κ1) is 20.9. The predicted molar refractivity (Wildman–Crippen MR) is 113 cm³/mol. The van der Waals surface area contributed by atoms with Gasteiger partial charge in [-0.1, -0.05) is 42.5 Å². The van der Waals surface area contributed by atoms with Crippen LogP contribution in [0.4, 0.5) is 21.0 Å². The average Bonchev–Trinajstić information content (AvgIpc) is 2.71. The lowest BCUT2D eigenvalue weighted by Gasteiger charge is -2.12. The lowest BCUT2D eigenvalue weighted by Crippen LogP contribution is -2.34. The van der Waals surface area contributed by atoms with Crippen LogP contribution >= 0.6 is 0 Å². The quantitative estimate of drug-likeness (QED) is 0.569. The highest BCUT2D eigenvalue weighted by atomic mass is 32.2. The van der Waals surface area contributed by atoms with Crippen molar-refractivity contribution in [3.63, 3.8) is 0 Å².